The van der Waals surface area contributed by atoms with E-state index in [1.165, 1.54) is 6.07 Å². The number of aliphatic hydroxyl groups excluding tert-OH is 1. The van der Waals surface area contributed by atoms with Gasteiger partial charge in [-0.05, 0) is 24.7 Å². The highest BCUT2D eigenvalue weighted by molar-refractivity contribution is 7.89. The van der Waals surface area contributed by atoms with Gasteiger partial charge in [-0.3, -0.25) is 9.58 Å². The fraction of sp³-hybridized carbons (Fsp3) is 0.455. The Morgan fingerprint density at radius 3 is 2.82 bits per heavy atom. The van der Waals surface area contributed by atoms with E-state index in [4.69, 9.17) is 4.74 Å². The summed E-state index contributed by atoms with van der Waals surface area (Å²) >= 11 is 0. The fourth-order valence-corrected chi connectivity index (χ4v) is 5.47. The summed E-state index contributed by atoms with van der Waals surface area (Å²) in [6, 6.07) is 4.36. The van der Waals surface area contributed by atoms with Gasteiger partial charge in [0.05, 0.1) is 24.9 Å². The summed E-state index contributed by atoms with van der Waals surface area (Å²) in [5.41, 5.74) is 1.56. The number of rotatable bonds is 3. The average Bonchev–Trinajstić information content (AvgIpc) is 3.42. The van der Waals surface area contributed by atoms with Crippen molar-refractivity contribution in [3.8, 4) is 16.9 Å². The highest BCUT2D eigenvalue weighted by atomic mass is 32.2. The molecule has 2 aromatic rings. The number of nitrogens with zero attached hydrogens (tertiary/aromatic N) is 4. The maximum Gasteiger partial charge on any atom is 0.317 e. The molecular weight excluding hydrogens is 460 g/mol. The quantitative estimate of drug-likeness (QED) is 0.517. The lowest BCUT2D eigenvalue weighted by atomic mass is 10.1. The summed E-state index contributed by atoms with van der Waals surface area (Å²) in [6.45, 7) is 4.66. The SMILES string of the molecule is C=CCNC(=O)N1C[C@@H]2Oc3cc(-c4cnn(C)c4)ccc3S(=O)(=O)NC[C@H](O)CN(C)[C@@H]2C1. The Labute approximate surface area is 199 Å². The van der Waals surface area contributed by atoms with Gasteiger partial charge in [-0.2, -0.15) is 5.10 Å². The number of aliphatic hydroxyl groups is 1. The van der Waals surface area contributed by atoms with Crippen molar-refractivity contribution in [1.82, 2.24) is 29.6 Å². The molecule has 34 heavy (non-hydrogen) atoms. The molecule has 2 aliphatic rings. The van der Waals surface area contributed by atoms with Gasteiger partial charge in [0, 0.05) is 45.0 Å². The normalized spacial score (nSPS) is 24.9. The van der Waals surface area contributed by atoms with Crippen LogP contribution < -0.4 is 14.8 Å². The van der Waals surface area contributed by atoms with E-state index in [0.29, 0.717) is 13.1 Å². The van der Waals surface area contributed by atoms with E-state index in [2.05, 4.69) is 21.7 Å². The van der Waals surface area contributed by atoms with E-state index >= 15 is 0 Å². The van der Waals surface area contributed by atoms with Crippen LogP contribution in [0.15, 0.2) is 48.1 Å². The molecule has 4 rings (SSSR count). The van der Waals surface area contributed by atoms with Crippen molar-refractivity contribution in [2.75, 3.05) is 39.8 Å². The van der Waals surface area contributed by atoms with Crippen LogP contribution in [0.3, 0.4) is 0 Å². The lowest BCUT2D eigenvalue weighted by Gasteiger charge is -2.30. The number of hydrogen-bond acceptors (Lipinski definition) is 7. The summed E-state index contributed by atoms with van der Waals surface area (Å²) in [5.74, 6) is 0.182. The minimum atomic E-state index is -3.95. The van der Waals surface area contributed by atoms with Gasteiger partial charge in [-0.1, -0.05) is 12.1 Å². The number of aromatic nitrogens is 2. The predicted octanol–water partition coefficient (Wildman–Crippen LogP) is -0.00110. The number of likely N-dealkylation sites (N-methyl/N-ethyl adjacent to an activating group) is 1. The van der Waals surface area contributed by atoms with Crippen molar-refractivity contribution in [3.63, 3.8) is 0 Å². The fourth-order valence-electron chi connectivity index (χ4n) is 4.28. The Balaban J connectivity index is 1.73. The van der Waals surface area contributed by atoms with Crippen molar-refractivity contribution >= 4 is 16.1 Å². The number of fused-ring (bicyclic) bond motifs is 2. The third kappa shape index (κ3) is 5.09. The number of benzene rings is 1. The molecule has 0 saturated carbocycles. The molecule has 2 aliphatic heterocycles. The second-order valence-electron chi connectivity index (χ2n) is 8.61. The van der Waals surface area contributed by atoms with Gasteiger partial charge >= 0.3 is 6.03 Å². The first-order chi connectivity index (χ1) is 16.2. The maximum absolute atomic E-state index is 13.1. The molecule has 1 aromatic carbocycles. The Bertz CT molecular complexity index is 1170. The minimum absolute atomic E-state index is 0.0230. The molecule has 184 valence electrons. The molecule has 3 heterocycles. The van der Waals surface area contributed by atoms with Crippen molar-refractivity contribution < 1.29 is 23.1 Å². The minimum Gasteiger partial charge on any atom is -0.485 e. The molecule has 0 bridgehead atoms. The van der Waals surface area contributed by atoms with Crippen LogP contribution in [0.25, 0.3) is 11.1 Å². The molecular formula is C22H30N6O5S. The second kappa shape index (κ2) is 9.74. The van der Waals surface area contributed by atoms with Crippen LogP contribution in [-0.4, -0.2) is 97.2 Å². The van der Waals surface area contributed by atoms with Crippen LogP contribution in [0.4, 0.5) is 4.79 Å². The summed E-state index contributed by atoms with van der Waals surface area (Å²) in [6.07, 6.45) is 3.67. The standard InChI is InChI=1S/C22H30N6O5S/c1-4-7-23-22(30)28-13-18-20(14-28)33-19-8-15(16-9-24-27(3)11-16)5-6-21(19)34(31,32)25-10-17(29)12-26(18)2/h4-6,8-9,11,17-18,20,25,29H,1,7,10,12-14H2,2-3H3,(H,23,30)/t17-,18+,20-/m0/s1. The van der Waals surface area contributed by atoms with Crippen LogP contribution in [0.1, 0.15) is 0 Å². The number of sulfonamides is 1. The zero-order valence-corrected chi connectivity index (χ0v) is 20.0. The van der Waals surface area contributed by atoms with Crippen LogP contribution in [0, 0.1) is 0 Å². The first-order valence-corrected chi connectivity index (χ1v) is 12.5. The molecule has 1 fully saturated rings. The highest BCUT2D eigenvalue weighted by Gasteiger charge is 2.41. The molecule has 3 atom stereocenters. The maximum atomic E-state index is 13.1. The summed E-state index contributed by atoms with van der Waals surface area (Å²) in [7, 11) is -0.321. The molecule has 11 nitrogen and oxygen atoms in total. The number of ether oxygens (including phenoxy) is 1. The lowest BCUT2D eigenvalue weighted by Crippen LogP contribution is -2.48. The first-order valence-electron chi connectivity index (χ1n) is 11.0. The molecule has 0 spiro atoms. The van der Waals surface area contributed by atoms with Gasteiger partial charge in [0.1, 0.15) is 16.7 Å². The number of aryl methyl sites for hydroxylation is 1. The second-order valence-corrected chi connectivity index (χ2v) is 10.3. The van der Waals surface area contributed by atoms with Crippen molar-refractivity contribution in [2.45, 2.75) is 23.1 Å². The molecule has 1 aromatic heterocycles. The number of hydrogen-bond donors (Lipinski definition) is 3. The number of likely N-dealkylation sites (tertiary alicyclic amines) is 1. The largest absolute Gasteiger partial charge is 0.485 e. The summed E-state index contributed by atoms with van der Waals surface area (Å²) in [4.78, 5) is 16.1. The number of carbonyl (C=O) groups is 1. The van der Waals surface area contributed by atoms with E-state index in [1.54, 1.807) is 41.0 Å². The molecule has 12 heteroatoms. The zero-order valence-electron chi connectivity index (χ0n) is 19.2. The summed E-state index contributed by atoms with van der Waals surface area (Å²) < 4.78 is 36.6. The topological polar surface area (TPSA) is 129 Å². The molecule has 0 unspecified atom stereocenters. The third-order valence-corrected chi connectivity index (χ3v) is 7.51. The Kier molecular flexibility index (Phi) is 6.94. The van der Waals surface area contributed by atoms with E-state index in [0.717, 1.165) is 11.1 Å². The van der Waals surface area contributed by atoms with Crippen LogP contribution in [-0.2, 0) is 17.1 Å². The Morgan fingerprint density at radius 1 is 1.32 bits per heavy atom. The van der Waals surface area contributed by atoms with Gasteiger partial charge < -0.3 is 20.1 Å². The Morgan fingerprint density at radius 2 is 2.12 bits per heavy atom. The average molecular weight is 491 g/mol. The van der Waals surface area contributed by atoms with Crippen LogP contribution >= 0.6 is 0 Å². The molecule has 0 radical (unpaired) electrons. The van der Waals surface area contributed by atoms with Gasteiger partial charge in [0.15, 0.2) is 0 Å². The van der Waals surface area contributed by atoms with Crippen molar-refractivity contribution in [3.05, 3.63) is 43.2 Å². The van der Waals surface area contributed by atoms with E-state index in [-0.39, 0.29) is 42.4 Å². The van der Waals surface area contributed by atoms with Gasteiger partial charge in [0.2, 0.25) is 10.0 Å². The molecule has 1 saturated heterocycles. The van der Waals surface area contributed by atoms with Crippen LogP contribution in [0.5, 0.6) is 5.75 Å². The predicted molar refractivity (Wildman–Crippen MR) is 126 cm³/mol. The van der Waals surface area contributed by atoms with Crippen molar-refractivity contribution in [1.29, 1.82) is 0 Å². The van der Waals surface area contributed by atoms with Gasteiger partial charge in [-0.15, -0.1) is 6.58 Å². The number of β-amino-alcohol motifs (C(OH)–C–C–N with tert-alkyl or cyclic N) is 1. The van der Waals surface area contributed by atoms with Crippen molar-refractivity contribution in [2.24, 2.45) is 7.05 Å². The summed E-state index contributed by atoms with van der Waals surface area (Å²) in [5, 5.41) is 17.4. The number of amides is 2. The monoisotopic (exact) mass is 490 g/mol. The van der Waals surface area contributed by atoms with E-state index in [1.807, 2.05) is 18.1 Å². The first kappa shape index (κ1) is 24.2. The smallest absolute Gasteiger partial charge is 0.317 e. The molecule has 3 N–H and O–H groups in total. The molecule has 2 amide bonds. The zero-order chi connectivity index (χ0) is 24.5. The number of nitrogens with one attached hydrogen (secondary N) is 2. The Hall–Kier alpha value is -2.93. The van der Waals surface area contributed by atoms with E-state index in [9.17, 15) is 18.3 Å². The van der Waals surface area contributed by atoms with E-state index < -0.39 is 22.2 Å². The van der Waals surface area contributed by atoms with Gasteiger partial charge in [0.25, 0.3) is 0 Å². The van der Waals surface area contributed by atoms with Gasteiger partial charge in [-0.25, -0.2) is 17.9 Å². The van der Waals surface area contributed by atoms with Crippen LogP contribution in [0.2, 0.25) is 0 Å². The number of carbonyl (C=O) groups excluding carboxylic acids is 1. The number of urea groups is 1. The molecule has 0 aliphatic carbocycles. The highest BCUT2D eigenvalue weighted by Crippen LogP contribution is 2.33. The third-order valence-electron chi connectivity index (χ3n) is 6.05. The lowest BCUT2D eigenvalue weighted by molar-refractivity contribution is 0.0713.